The number of fused-ring (bicyclic) bond motifs is 6. The van der Waals surface area contributed by atoms with Crippen LogP contribution in [0.25, 0.3) is 156 Å². The van der Waals surface area contributed by atoms with E-state index < -0.39 is 0 Å². The van der Waals surface area contributed by atoms with Crippen LogP contribution in [0.15, 0.2) is 292 Å². The molecule has 0 atom stereocenters. The second-order valence-electron chi connectivity index (χ2n) is 20.1. The molecule has 0 fully saturated rings. The van der Waals surface area contributed by atoms with E-state index in [1.807, 2.05) is 24.3 Å². The van der Waals surface area contributed by atoms with Crippen molar-refractivity contribution in [3.8, 4) is 112 Å². The molecule has 0 aliphatic heterocycles. The molecule has 0 bridgehead atoms. The molecule has 0 saturated heterocycles. The zero-order valence-corrected chi connectivity index (χ0v) is 42.7. The minimum atomic E-state index is 0.412. The van der Waals surface area contributed by atoms with Gasteiger partial charge in [0.1, 0.15) is 22.3 Å². The molecular weight excluding hydrogens is 965 g/mol. The van der Waals surface area contributed by atoms with Gasteiger partial charge in [-0.05, 0) is 140 Å². The molecular formula is C74H46N2O3. The van der Waals surface area contributed by atoms with Crippen LogP contribution < -0.4 is 0 Å². The van der Waals surface area contributed by atoms with Gasteiger partial charge in [-0.3, -0.25) is 0 Å². The number of hydrogen-bond acceptors (Lipinski definition) is 5. The van der Waals surface area contributed by atoms with Gasteiger partial charge in [0.2, 0.25) is 11.8 Å². The van der Waals surface area contributed by atoms with Gasteiger partial charge in [-0.1, -0.05) is 206 Å². The first-order valence-electron chi connectivity index (χ1n) is 26.6. The Morgan fingerprint density at radius 1 is 0.177 bits per heavy atom. The van der Waals surface area contributed by atoms with Crippen molar-refractivity contribution in [3.63, 3.8) is 0 Å². The minimum absolute atomic E-state index is 0.412. The van der Waals surface area contributed by atoms with Crippen molar-refractivity contribution >= 4 is 43.9 Å². The molecule has 15 rings (SSSR count). The number of furan rings is 2. The summed E-state index contributed by atoms with van der Waals surface area (Å²) in [5.74, 6) is 0.823. The average Bonchev–Trinajstić information content (AvgIpc) is 4.50. The molecule has 79 heavy (non-hydrogen) atoms. The van der Waals surface area contributed by atoms with E-state index in [0.29, 0.717) is 11.8 Å². The molecule has 0 aliphatic rings. The molecule has 0 aliphatic carbocycles. The fourth-order valence-electron chi connectivity index (χ4n) is 11.3. The first-order chi connectivity index (χ1) is 39.1. The molecule has 370 valence electrons. The van der Waals surface area contributed by atoms with E-state index >= 15 is 0 Å². The zero-order valence-electron chi connectivity index (χ0n) is 42.7. The monoisotopic (exact) mass is 1010 g/mol. The van der Waals surface area contributed by atoms with E-state index in [1.54, 1.807) is 0 Å². The van der Waals surface area contributed by atoms with Crippen molar-refractivity contribution in [2.45, 2.75) is 0 Å². The molecule has 0 saturated carbocycles. The maximum absolute atomic E-state index is 7.13. The second kappa shape index (κ2) is 19.2. The summed E-state index contributed by atoms with van der Waals surface area (Å²) >= 11 is 0. The van der Waals surface area contributed by atoms with Gasteiger partial charge in [0.15, 0.2) is 0 Å². The van der Waals surface area contributed by atoms with Crippen LogP contribution in [0.3, 0.4) is 0 Å². The molecule has 3 heterocycles. The summed E-state index contributed by atoms with van der Waals surface area (Å²) in [6.07, 6.45) is 0. The Morgan fingerprint density at radius 2 is 0.418 bits per heavy atom. The molecule has 5 nitrogen and oxygen atoms in total. The Hall–Kier alpha value is -10.6. The summed E-state index contributed by atoms with van der Waals surface area (Å²) in [4.78, 5) is 0. The zero-order chi connectivity index (χ0) is 52.2. The molecule has 12 aromatic carbocycles. The van der Waals surface area contributed by atoms with Gasteiger partial charge in [-0.25, -0.2) is 0 Å². The largest absolute Gasteiger partial charge is 0.455 e. The molecule has 0 N–H and O–H groups in total. The molecule has 5 heteroatoms. The third-order valence-corrected chi connectivity index (χ3v) is 15.2. The van der Waals surface area contributed by atoms with E-state index in [2.05, 4.69) is 255 Å². The number of nitrogens with zero attached hydrogens (tertiary/aromatic N) is 2. The van der Waals surface area contributed by atoms with Crippen LogP contribution in [0.1, 0.15) is 0 Å². The molecule has 15 aromatic rings. The topological polar surface area (TPSA) is 65.2 Å². The molecule has 0 amide bonds. The third kappa shape index (κ3) is 8.29. The van der Waals surface area contributed by atoms with E-state index in [1.165, 1.54) is 0 Å². The summed E-state index contributed by atoms with van der Waals surface area (Å²) in [5, 5.41) is 13.6. The summed E-state index contributed by atoms with van der Waals surface area (Å²) in [7, 11) is 0. The number of rotatable bonds is 10. The summed E-state index contributed by atoms with van der Waals surface area (Å²) in [6.45, 7) is 0. The molecule has 0 radical (unpaired) electrons. The van der Waals surface area contributed by atoms with E-state index in [4.69, 9.17) is 23.4 Å². The Balaban J connectivity index is 0.852. The average molecular weight is 1010 g/mol. The van der Waals surface area contributed by atoms with E-state index in [9.17, 15) is 0 Å². The number of aromatic nitrogens is 2. The molecule has 0 unspecified atom stereocenters. The van der Waals surface area contributed by atoms with Crippen molar-refractivity contribution in [2.75, 3.05) is 0 Å². The lowest BCUT2D eigenvalue weighted by atomic mass is 9.93. The van der Waals surface area contributed by atoms with Gasteiger partial charge in [0.05, 0.1) is 0 Å². The van der Waals surface area contributed by atoms with Gasteiger partial charge in [-0.15, -0.1) is 10.2 Å². The normalized spacial score (nSPS) is 11.5. The molecule has 3 aromatic heterocycles. The van der Waals surface area contributed by atoms with Crippen LogP contribution in [-0.4, -0.2) is 10.2 Å². The highest BCUT2D eigenvalue weighted by Crippen LogP contribution is 2.47. The van der Waals surface area contributed by atoms with Crippen LogP contribution in [0.4, 0.5) is 0 Å². The van der Waals surface area contributed by atoms with Crippen LogP contribution in [0, 0.1) is 0 Å². The second-order valence-corrected chi connectivity index (χ2v) is 20.1. The maximum atomic E-state index is 7.13. The Kier molecular flexibility index (Phi) is 11.1. The quantitative estimate of drug-likeness (QED) is 0.137. The third-order valence-electron chi connectivity index (χ3n) is 15.2. The van der Waals surface area contributed by atoms with Gasteiger partial charge in [0, 0.05) is 54.9 Å². The van der Waals surface area contributed by atoms with Crippen molar-refractivity contribution in [1.82, 2.24) is 10.2 Å². The van der Waals surface area contributed by atoms with Crippen LogP contribution in [0.5, 0.6) is 0 Å². The minimum Gasteiger partial charge on any atom is -0.455 e. The standard InChI is InChI=1S/C74H46N2O3/c1-7-21-47(22-8-1)57-39-61(51-29-15-5-16-30-51)69-65(43-57)67-45-59(49-25-11-3-12-26-49)41-63(71(67)77-69)53-33-19-35-55(37-53)73-75-76-74(79-73)56-36-20-34-54(38-56)64-42-60(50-27-13-4-14-28-50)46-68-66-44-58(48-23-9-2-10-24-48)40-62(70(66)78-72(64)68)52-31-17-6-18-32-52/h1-46H. The lowest BCUT2D eigenvalue weighted by Gasteiger charge is -2.09. The molecule has 0 spiro atoms. The Morgan fingerprint density at radius 3 is 0.709 bits per heavy atom. The van der Waals surface area contributed by atoms with Crippen molar-refractivity contribution < 1.29 is 13.3 Å². The predicted octanol–water partition coefficient (Wildman–Crippen LogP) is 20.5. The Bertz CT molecular complexity index is 4430. The first kappa shape index (κ1) is 45.7. The van der Waals surface area contributed by atoms with Gasteiger partial charge >= 0.3 is 0 Å². The van der Waals surface area contributed by atoms with Crippen LogP contribution in [-0.2, 0) is 0 Å². The van der Waals surface area contributed by atoms with Crippen LogP contribution >= 0.6 is 0 Å². The van der Waals surface area contributed by atoms with Gasteiger partial charge in [0.25, 0.3) is 0 Å². The smallest absolute Gasteiger partial charge is 0.248 e. The summed E-state index contributed by atoms with van der Waals surface area (Å²) in [6, 6.07) is 97.9. The number of hydrogen-bond donors (Lipinski definition) is 0. The summed E-state index contributed by atoms with van der Waals surface area (Å²) < 4.78 is 20.9. The highest BCUT2D eigenvalue weighted by molar-refractivity contribution is 6.17. The number of benzene rings is 12. The lowest BCUT2D eigenvalue weighted by molar-refractivity contribution is 0.584. The maximum Gasteiger partial charge on any atom is 0.248 e. The lowest BCUT2D eigenvalue weighted by Crippen LogP contribution is -1.86. The van der Waals surface area contributed by atoms with Crippen LogP contribution in [0.2, 0.25) is 0 Å². The fourth-order valence-corrected chi connectivity index (χ4v) is 11.3. The fraction of sp³-hybridized carbons (Fsp3) is 0. The first-order valence-corrected chi connectivity index (χ1v) is 26.6. The van der Waals surface area contributed by atoms with E-state index in [0.717, 1.165) is 144 Å². The Labute approximate surface area is 456 Å². The van der Waals surface area contributed by atoms with Crippen molar-refractivity contribution in [2.24, 2.45) is 0 Å². The van der Waals surface area contributed by atoms with Crippen molar-refractivity contribution in [1.29, 1.82) is 0 Å². The van der Waals surface area contributed by atoms with E-state index in [-0.39, 0.29) is 0 Å². The predicted molar refractivity (Wildman–Crippen MR) is 323 cm³/mol. The summed E-state index contributed by atoms with van der Waals surface area (Å²) in [5.41, 5.74) is 21.9. The van der Waals surface area contributed by atoms with Gasteiger partial charge in [-0.2, -0.15) is 0 Å². The van der Waals surface area contributed by atoms with Crippen molar-refractivity contribution in [3.05, 3.63) is 279 Å². The SMILES string of the molecule is c1ccc(-c2cc(-c3ccccc3)c3oc4c(-c5cccc(-c6nnc(-c7cccc(-c8cc(-c9ccccc9)cc9c8oc8c(-c%10ccccc%10)cc(-c%10ccccc%10)cc89)c7)o6)c5)cc(-c5ccccc5)cc4c3c2)cc1. The highest BCUT2D eigenvalue weighted by atomic mass is 16.4. The van der Waals surface area contributed by atoms with Gasteiger partial charge < -0.3 is 13.3 Å². The highest BCUT2D eigenvalue weighted by Gasteiger charge is 2.23.